The first-order valence-electron chi connectivity index (χ1n) is 8.45. The lowest BCUT2D eigenvalue weighted by molar-refractivity contribution is -0.145. The summed E-state index contributed by atoms with van der Waals surface area (Å²) in [5.41, 5.74) is 6.35. The van der Waals surface area contributed by atoms with Gasteiger partial charge in [0.05, 0.1) is 6.61 Å². The number of unbranched alkanes of at least 4 members (excludes halogenated alkanes) is 1. The molecule has 0 bridgehead atoms. The van der Waals surface area contributed by atoms with Gasteiger partial charge in [-0.3, -0.25) is 14.4 Å². The number of benzene rings is 1. The molecular weight excluding hydrogens is 376 g/mol. The summed E-state index contributed by atoms with van der Waals surface area (Å²) in [4.78, 5) is 35.2. The number of amides is 1. The van der Waals surface area contributed by atoms with Gasteiger partial charge >= 0.3 is 5.97 Å². The number of rotatable bonds is 11. The molecule has 0 aromatic heterocycles. The number of hydrogen-bond acceptors (Lipinski definition) is 6. The lowest BCUT2D eigenvalue weighted by Crippen LogP contribution is -2.35. The first-order chi connectivity index (χ1) is 12.0. The third-order valence-corrected chi connectivity index (χ3v) is 4.30. The summed E-state index contributed by atoms with van der Waals surface area (Å²) in [6, 6.07) is 8.21. The summed E-state index contributed by atoms with van der Waals surface area (Å²) in [6.45, 7) is 2.75. The van der Waals surface area contributed by atoms with Crippen LogP contribution in [0.25, 0.3) is 0 Å². The molecular formula is C18H27ClN2O4S. The fraction of sp³-hybridized carbons (Fsp3) is 0.500. The molecule has 0 spiro atoms. The molecule has 0 radical (unpaired) electrons. The minimum Gasteiger partial charge on any atom is -0.465 e. The number of nitrogens with two attached hydrogens (primary N) is 1. The highest BCUT2D eigenvalue weighted by Gasteiger charge is 2.16. The van der Waals surface area contributed by atoms with Crippen molar-refractivity contribution < 1.29 is 19.1 Å². The molecule has 1 atom stereocenters. The van der Waals surface area contributed by atoms with Crippen molar-refractivity contribution in [2.45, 2.75) is 38.6 Å². The molecule has 1 aromatic rings. The number of hydrogen-bond donors (Lipinski definition) is 2. The Kier molecular flexibility index (Phi) is 13.7. The monoisotopic (exact) mass is 402 g/mol. The molecule has 3 N–H and O–H groups in total. The summed E-state index contributed by atoms with van der Waals surface area (Å²) in [5.74, 6) is -0.167. The largest absolute Gasteiger partial charge is 0.465 e. The van der Waals surface area contributed by atoms with Crippen molar-refractivity contribution >= 4 is 41.2 Å². The second kappa shape index (κ2) is 14.6. The van der Waals surface area contributed by atoms with Crippen molar-refractivity contribution in [2.75, 3.05) is 18.9 Å². The van der Waals surface area contributed by atoms with E-state index in [1.165, 1.54) is 0 Å². The molecule has 0 aliphatic rings. The highest BCUT2D eigenvalue weighted by Crippen LogP contribution is 2.11. The van der Waals surface area contributed by atoms with Gasteiger partial charge < -0.3 is 15.8 Å². The standard InChI is InChI=1S/C18H26N2O4S.ClH/c1-2-3-12-24-17(22)15(19)9-10-16(21)20-11-13-25-18(23)14-7-5-4-6-8-14;/h4-8,15H,2-3,9-13,19H2,1H3,(H,20,21);1H/t15-;/m0./s1. The van der Waals surface area contributed by atoms with Gasteiger partial charge in [0.25, 0.3) is 0 Å². The Hall–Kier alpha value is -1.57. The predicted octanol–water partition coefficient (Wildman–Crippen LogP) is 2.55. The second-order valence-corrected chi connectivity index (χ2v) is 6.59. The highest BCUT2D eigenvalue weighted by atomic mass is 35.5. The fourth-order valence-corrected chi connectivity index (χ4v) is 2.60. The van der Waals surface area contributed by atoms with Crippen LogP contribution in [0.15, 0.2) is 30.3 Å². The number of thioether (sulfide) groups is 1. The maximum absolute atomic E-state index is 11.9. The van der Waals surface area contributed by atoms with E-state index in [9.17, 15) is 14.4 Å². The molecule has 0 heterocycles. The topological polar surface area (TPSA) is 98.5 Å². The molecule has 0 aliphatic carbocycles. The molecule has 6 nitrogen and oxygen atoms in total. The minimum absolute atomic E-state index is 0. The predicted molar refractivity (Wildman–Crippen MR) is 107 cm³/mol. The van der Waals surface area contributed by atoms with E-state index in [1.807, 2.05) is 25.1 Å². The quantitative estimate of drug-likeness (QED) is 0.436. The smallest absolute Gasteiger partial charge is 0.322 e. The second-order valence-electron chi connectivity index (χ2n) is 5.52. The van der Waals surface area contributed by atoms with Gasteiger partial charge in [0.15, 0.2) is 0 Å². The summed E-state index contributed by atoms with van der Waals surface area (Å²) >= 11 is 1.16. The average molecular weight is 403 g/mol. The normalized spacial score (nSPS) is 11.2. The van der Waals surface area contributed by atoms with Crippen molar-refractivity contribution in [1.82, 2.24) is 5.32 Å². The van der Waals surface area contributed by atoms with E-state index < -0.39 is 12.0 Å². The van der Waals surface area contributed by atoms with Crippen molar-refractivity contribution in [3.63, 3.8) is 0 Å². The van der Waals surface area contributed by atoms with Gasteiger partial charge in [-0.2, -0.15) is 0 Å². The van der Waals surface area contributed by atoms with E-state index in [2.05, 4.69) is 5.32 Å². The Bertz CT molecular complexity index is 557. The zero-order valence-corrected chi connectivity index (χ0v) is 16.6. The zero-order chi connectivity index (χ0) is 18.5. The average Bonchev–Trinajstić information content (AvgIpc) is 2.63. The van der Waals surface area contributed by atoms with E-state index >= 15 is 0 Å². The Morgan fingerprint density at radius 3 is 2.58 bits per heavy atom. The van der Waals surface area contributed by atoms with E-state index in [0.717, 1.165) is 24.6 Å². The van der Waals surface area contributed by atoms with Crippen LogP contribution < -0.4 is 11.1 Å². The Labute approximate surface area is 165 Å². The van der Waals surface area contributed by atoms with Crippen LogP contribution in [-0.2, 0) is 14.3 Å². The molecule has 0 fully saturated rings. The number of carbonyl (C=O) groups excluding carboxylic acids is 3. The molecule has 8 heteroatoms. The van der Waals surface area contributed by atoms with Gasteiger partial charge in [0.1, 0.15) is 6.04 Å². The zero-order valence-electron chi connectivity index (χ0n) is 14.9. The summed E-state index contributed by atoms with van der Waals surface area (Å²) < 4.78 is 5.01. The Balaban J connectivity index is 0.00000625. The molecule has 0 saturated heterocycles. The van der Waals surface area contributed by atoms with E-state index in [-0.39, 0.29) is 36.3 Å². The maximum Gasteiger partial charge on any atom is 0.322 e. The van der Waals surface area contributed by atoms with Crippen molar-refractivity contribution in [3.05, 3.63) is 35.9 Å². The summed E-state index contributed by atoms with van der Waals surface area (Å²) in [7, 11) is 0. The van der Waals surface area contributed by atoms with Crippen LogP contribution in [0, 0.1) is 0 Å². The van der Waals surface area contributed by atoms with Crippen LogP contribution in [0.1, 0.15) is 43.0 Å². The van der Waals surface area contributed by atoms with Gasteiger partial charge in [0, 0.05) is 24.3 Å². The summed E-state index contributed by atoms with van der Waals surface area (Å²) in [5, 5.41) is 2.69. The van der Waals surface area contributed by atoms with Crippen LogP contribution in [0.3, 0.4) is 0 Å². The van der Waals surface area contributed by atoms with Gasteiger partial charge in [0.2, 0.25) is 11.0 Å². The van der Waals surface area contributed by atoms with Crippen LogP contribution >= 0.6 is 24.2 Å². The number of ether oxygens (including phenoxy) is 1. The molecule has 1 aromatic carbocycles. The van der Waals surface area contributed by atoms with E-state index in [0.29, 0.717) is 24.5 Å². The third-order valence-electron chi connectivity index (χ3n) is 3.39. The molecule has 26 heavy (non-hydrogen) atoms. The number of halogens is 1. The third kappa shape index (κ3) is 10.4. The number of esters is 1. The molecule has 0 unspecified atom stereocenters. The van der Waals surface area contributed by atoms with Crippen molar-refractivity contribution in [3.8, 4) is 0 Å². The molecule has 1 amide bonds. The maximum atomic E-state index is 11.9. The van der Waals surface area contributed by atoms with E-state index in [4.69, 9.17) is 10.5 Å². The number of nitrogens with one attached hydrogen (secondary N) is 1. The Morgan fingerprint density at radius 1 is 1.23 bits per heavy atom. The van der Waals surface area contributed by atoms with Crippen LogP contribution in [0.4, 0.5) is 0 Å². The first kappa shape index (κ1) is 24.4. The van der Waals surface area contributed by atoms with Gasteiger partial charge in [-0.05, 0) is 12.8 Å². The van der Waals surface area contributed by atoms with Crippen molar-refractivity contribution in [1.29, 1.82) is 0 Å². The van der Waals surface area contributed by atoms with Crippen LogP contribution in [-0.4, -0.2) is 41.9 Å². The van der Waals surface area contributed by atoms with Gasteiger partial charge in [-0.25, -0.2) is 0 Å². The first-order valence-corrected chi connectivity index (χ1v) is 9.44. The molecule has 0 aliphatic heterocycles. The van der Waals surface area contributed by atoms with Crippen molar-refractivity contribution in [2.24, 2.45) is 5.73 Å². The highest BCUT2D eigenvalue weighted by molar-refractivity contribution is 8.14. The minimum atomic E-state index is -0.781. The number of carbonyl (C=O) groups is 3. The molecule has 146 valence electrons. The SMILES string of the molecule is CCCCOC(=O)[C@@H](N)CCC(=O)NCCSC(=O)c1ccccc1.Cl. The van der Waals surface area contributed by atoms with Gasteiger partial charge in [-0.15, -0.1) is 12.4 Å². The van der Waals surface area contributed by atoms with Crippen LogP contribution in [0.5, 0.6) is 0 Å². The van der Waals surface area contributed by atoms with Gasteiger partial charge in [-0.1, -0.05) is 55.4 Å². The van der Waals surface area contributed by atoms with Crippen LogP contribution in [0.2, 0.25) is 0 Å². The Morgan fingerprint density at radius 2 is 1.92 bits per heavy atom. The fourth-order valence-electron chi connectivity index (χ4n) is 1.91. The lowest BCUT2D eigenvalue weighted by atomic mass is 10.1. The van der Waals surface area contributed by atoms with E-state index in [1.54, 1.807) is 12.1 Å². The lowest BCUT2D eigenvalue weighted by Gasteiger charge is -2.11. The summed E-state index contributed by atoms with van der Waals surface area (Å²) in [6.07, 6.45) is 2.14. The molecule has 0 saturated carbocycles. The molecule has 1 rings (SSSR count).